The molecule has 1 N–H and O–H groups in total. The van der Waals surface area contributed by atoms with Crippen LogP contribution in [0, 0.1) is 0 Å². The number of fused-ring (bicyclic) bond motifs is 1. The number of hydrogen-bond acceptors (Lipinski definition) is 8. The molecule has 0 bridgehead atoms. The van der Waals surface area contributed by atoms with Gasteiger partial charge < -0.3 is 14.8 Å². The molecule has 3 aromatic rings. The highest BCUT2D eigenvalue weighted by Gasteiger charge is 2.65. The third-order valence-electron chi connectivity index (χ3n) is 7.04. The Morgan fingerprint density at radius 1 is 0.976 bits per heavy atom. The van der Waals surface area contributed by atoms with Crippen LogP contribution >= 0.6 is 23.5 Å². The number of β-lactam (4-membered cyclic amide) rings is 1. The minimum Gasteiger partial charge on any atom is -0.461 e. The Balaban J connectivity index is 1.44. The molecule has 216 valence electrons. The third-order valence-corrected chi connectivity index (χ3v) is 9.73. The first-order chi connectivity index (χ1) is 20.3. The van der Waals surface area contributed by atoms with Gasteiger partial charge in [-0.1, -0.05) is 91.0 Å². The van der Waals surface area contributed by atoms with E-state index in [1.807, 2.05) is 91.0 Å². The van der Waals surface area contributed by atoms with E-state index < -0.39 is 34.2 Å². The molecule has 8 nitrogen and oxygen atoms in total. The smallest absolute Gasteiger partial charge is 0.356 e. The number of amides is 2. The minimum atomic E-state index is -1.26. The van der Waals surface area contributed by atoms with Crippen molar-refractivity contribution < 1.29 is 28.7 Å². The molecular formula is C32H30N2O6S2. The van der Waals surface area contributed by atoms with E-state index in [0.717, 1.165) is 16.7 Å². The monoisotopic (exact) mass is 602 g/mol. The van der Waals surface area contributed by atoms with Gasteiger partial charge in [0.1, 0.15) is 17.7 Å². The highest BCUT2D eigenvalue weighted by atomic mass is 32.2. The quantitative estimate of drug-likeness (QED) is 0.206. The summed E-state index contributed by atoms with van der Waals surface area (Å²) in [5, 5.41) is 2.39. The van der Waals surface area contributed by atoms with E-state index in [2.05, 4.69) is 5.32 Å². The number of benzene rings is 3. The van der Waals surface area contributed by atoms with Crippen LogP contribution in [0.3, 0.4) is 0 Å². The van der Waals surface area contributed by atoms with Crippen LogP contribution in [-0.4, -0.2) is 57.5 Å². The van der Waals surface area contributed by atoms with Gasteiger partial charge in [-0.25, -0.2) is 4.79 Å². The second-order valence-corrected chi connectivity index (χ2v) is 11.9. The standard InChI is InChI=1S/C32H30N2O6S2/c1-21(35)39-19-25-20-42-31-32(41-2,33-26(36)18-22-12-6-3-7-13-22)30(38)34(31)27(25)29(37)40-28(23-14-8-4-9-15-23)24-16-10-5-11-17-24/h3-17,28,31H,18-20H2,1-2H3,(H,33,36)/t31-,32+/m1/s1. The molecule has 0 unspecified atom stereocenters. The highest BCUT2D eigenvalue weighted by molar-refractivity contribution is 8.05. The van der Waals surface area contributed by atoms with Gasteiger partial charge >= 0.3 is 11.9 Å². The molecule has 2 amide bonds. The second-order valence-electron chi connectivity index (χ2n) is 9.83. The molecule has 42 heavy (non-hydrogen) atoms. The summed E-state index contributed by atoms with van der Waals surface area (Å²) in [6.45, 7) is 1.13. The van der Waals surface area contributed by atoms with Crippen molar-refractivity contribution in [3.63, 3.8) is 0 Å². The number of thioether (sulfide) groups is 2. The van der Waals surface area contributed by atoms with Gasteiger partial charge in [0, 0.05) is 18.2 Å². The Hall–Kier alpha value is -4.02. The summed E-state index contributed by atoms with van der Waals surface area (Å²) < 4.78 is 11.4. The fourth-order valence-electron chi connectivity index (χ4n) is 5.01. The lowest BCUT2D eigenvalue weighted by Crippen LogP contribution is -2.78. The highest BCUT2D eigenvalue weighted by Crippen LogP contribution is 2.51. The molecule has 10 heteroatoms. The third kappa shape index (κ3) is 5.96. The Morgan fingerprint density at radius 3 is 2.10 bits per heavy atom. The van der Waals surface area contributed by atoms with Gasteiger partial charge in [0.2, 0.25) is 5.91 Å². The molecule has 1 saturated heterocycles. The van der Waals surface area contributed by atoms with Crippen LogP contribution in [0.2, 0.25) is 0 Å². The molecule has 2 heterocycles. The van der Waals surface area contributed by atoms with Crippen LogP contribution in [0.15, 0.2) is 102 Å². The number of esters is 2. The zero-order valence-electron chi connectivity index (χ0n) is 23.1. The Kier molecular flexibility index (Phi) is 9.03. The molecule has 3 aromatic carbocycles. The van der Waals surface area contributed by atoms with E-state index in [1.165, 1.54) is 35.3 Å². The summed E-state index contributed by atoms with van der Waals surface area (Å²) in [6, 6.07) is 28.0. The number of nitrogens with one attached hydrogen (secondary N) is 1. The molecule has 5 rings (SSSR count). The van der Waals surface area contributed by atoms with Crippen LogP contribution in [-0.2, 0) is 35.1 Å². The first-order valence-electron chi connectivity index (χ1n) is 13.4. The Bertz CT molecular complexity index is 1460. The van der Waals surface area contributed by atoms with Crippen molar-refractivity contribution in [2.24, 2.45) is 0 Å². The Morgan fingerprint density at radius 2 is 1.55 bits per heavy atom. The number of hydrogen-bond donors (Lipinski definition) is 1. The number of nitrogens with zero attached hydrogens (tertiary/aromatic N) is 1. The Labute approximate surface area is 252 Å². The predicted molar refractivity (Wildman–Crippen MR) is 162 cm³/mol. The van der Waals surface area contributed by atoms with E-state index in [0.29, 0.717) is 11.3 Å². The summed E-state index contributed by atoms with van der Waals surface area (Å²) in [5.41, 5.74) is 2.87. The van der Waals surface area contributed by atoms with Gasteiger partial charge in [-0.05, 0) is 22.9 Å². The van der Waals surface area contributed by atoms with E-state index in [4.69, 9.17) is 9.47 Å². The summed E-state index contributed by atoms with van der Waals surface area (Å²) >= 11 is 2.63. The predicted octanol–water partition coefficient (Wildman–Crippen LogP) is 4.47. The maximum atomic E-state index is 14.0. The van der Waals surface area contributed by atoms with E-state index >= 15 is 0 Å². The summed E-state index contributed by atoms with van der Waals surface area (Å²) in [4.78, 5) is 52.7. The first kappa shape index (κ1) is 29.5. The van der Waals surface area contributed by atoms with Gasteiger partial charge in [0.25, 0.3) is 5.91 Å². The lowest BCUT2D eigenvalue weighted by Gasteiger charge is -2.56. The lowest BCUT2D eigenvalue weighted by atomic mass is 10.00. The molecule has 0 aromatic heterocycles. The zero-order chi connectivity index (χ0) is 29.7. The second kappa shape index (κ2) is 12.9. The number of carbonyl (C=O) groups excluding carboxylic acids is 4. The van der Waals surface area contributed by atoms with Crippen LogP contribution in [0.1, 0.15) is 29.7 Å². The first-order valence-corrected chi connectivity index (χ1v) is 15.6. The van der Waals surface area contributed by atoms with Crippen LogP contribution in [0.25, 0.3) is 0 Å². The van der Waals surface area contributed by atoms with Crippen molar-refractivity contribution in [1.82, 2.24) is 10.2 Å². The molecular weight excluding hydrogens is 572 g/mol. The van der Waals surface area contributed by atoms with Crippen molar-refractivity contribution in [2.45, 2.75) is 29.7 Å². The average molecular weight is 603 g/mol. The average Bonchev–Trinajstić information content (AvgIpc) is 3.02. The fourth-order valence-corrected chi connectivity index (χ4v) is 7.62. The number of rotatable bonds is 10. The SMILES string of the molecule is CS[C@@]1(NC(=O)Cc2ccccc2)C(=O)N2C(C(=O)OC(c3ccccc3)c3ccccc3)=C(COC(C)=O)CS[C@@H]21. The van der Waals surface area contributed by atoms with E-state index in [-0.39, 0.29) is 24.6 Å². The maximum absolute atomic E-state index is 14.0. The molecule has 0 radical (unpaired) electrons. The van der Waals surface area contributed by atoms with Crippen molar-refractivity contribution in [3.8, 4) is 0 Å². The van der Waals surface area contributed by atoms with Crippen LogP contribution < -0.4 is 5.32 Å². The van der Waals surface area contributed by atoms with Gasteiger partial charge in [-0.15, -0.1) is 23.5 Å². The van der Waals surface area contributed by atoms with Gasteiger partial charge in [-0.2, -0.15) is 0 Å². The summed E-state index contributed by atoms with van der Waals surface area (Å²) in [7, 11) is 0. The van der Waals surface area contributed by atoms with E-state index in [9.17, 15) is 19.2 Å². The number of ether oxygens (including phenoxy) is 2. The number of carbonyl (C=O) groups is 4. The van der Waals surface area contributed by atoms with Gasteiger partial charge in [0.05, 0.1) is 6.42 Å². The molecule has 2 aliphatic rings. The normalized spacial score (nSPS) is 19.5. The molecule has 0 spiro atoms. The van der Waals surface area contributed by atoms with Crippen LogP contribution in [0.4, 0.5) is 0 Å². The molecule has 2 atom stereocenters. The fraction of sp³-hybridized carbons (Fsp3) is 0.250. The molecule has 1 fully saturated rings. The topological polar surface area (TPSA) is 102 Å². The van der Waals surface area contributed by atoms with E-state index in [1.54, 1.807) is 6.26 Å². The summed E-state index contributed by atoms with van der Waals surface area (Å²) in [6.07, 6.45) is 1.14. The summed E-state index contributed by atoms with van der Waals surface area (Å²) in [5.74, 6) is -1.63. The largest absolute Gasteiger partial charge is 0.461 e. The molecule has 0 saturated carbocycles. The van der Waals surface area contributed by atoms with Crippen LogP contribution in [0.5, 0.6) is 0 Å². The van der Waals surface area contributed by atoms with Gasteiger partial charge in [0.15, 0.2) is 11.0 Å². The van der Waals surface area contributed by atoms with Crippen molar-refractivity contribution in [3.05, 3.63) is 119 Å². The van der Waals surface area contributed by atoms with Crippen molar-refractivity contribution in [1.29, 1.82) is 0 Å². The zero-order valence-corrected chi connectivity index (χ0v) is 24.8. The lowest BCUT2D eigenvalue weighted by molar-refractivity contribution is -0.156. The van der Waals surface area contributed by atoms with Crippen molar-refractivity contribution in [2.75, 3.05) is 18.6 Å². The van der Waals surface area contributed by atoms with Gasteiger partial charge in [-0.3, -0.25) is 19.3 Å². The maximum Gasteiger partial charge on any atom is 0.356 e. The van der Waals surface area contributed by atoms with Crippen molar-refractivity contribution >= 4 is 47.3 Å². The minimum absolute atomic E-state index is 0.0452. The molecule has 0 aliphatic carbocycles. The molecule has 2 aliphatic heterocycles.